The zero-order valence-corrected chi connectivity index (χ0v) is 21.5. The molecule has 4 N–H and O–H groups in total. The molecule has 202 valence electrons. The molecule has 1 aromatic carbocycles. The number of nitrogens with two attached hydrogens (primary N) is 1. The summed E-state index contributed by atoms with van der Waals surface area (Å²) in [5.41, 5.74) is 9.41. The number of aromatic amines is 2. The number of fused-ring (bicyclic) bond motifs is 3. The number of nitrogens with zero attached hydrogens (tertiary/aromatic N) is 7. The summed E-state index contributed by atoms with van der Waals surface area (Å²) in [6, 6.07) is 4.81. The number of hydrogen-bond donors (Lipinski definition) is 3. The Kier molecular flexibility index (Phi) is 5.47. The molecule has 2 aliphatic rings. The van der Waals surface area contributed by atoms with Crippen molar-refractivity contribution in [3.05, 3.63) is 66.0 Å². The van der Waals surface area contributed by atoms with Gasteiger partial charge >= 0.3 is 0 Å². The molecule has 2 aliphatic heterocycles. The van der Waals surface area contributed by atoms with Gasteiger partial charge in [-0.25, -0.2) is 14.4 Å². The summed E-state index contributed by atoms with van der Waals surface area (Å²) in [6.45, 7) is 1.47. The number of ketones is 1. The number of Topliss-reactive ketones (excluding diaryl/α,β-unsaturated/α-hetero) is 1. The number of carbonyl (C=O) groups is 2. The Morgan fingerprint density at radius 1 is 1.12 bits per heavy atom. The number of H-pyrrole nitrogens is 2. The van der Waals surface area contributed by atoms with Crippen LogP contribution in [0.3, 0.4) is 0 Å². The Morgan fingerprint density at radius 2 is 1.93 bits per heavy atom. The molecule has 0 spiro atoms. The van der Waals surface area contributed by atoms with Crippen LogP contribution in [-0.2, 0) is 0 Å². The van der Waals surface area contributed by atoms with Crippen LogP contribution in [0.1, 0.15) is 65.2 Å². The van der Waals surface area contributed by atoms with E-state index >= 15 is 4.39 Å². The van der Waals surface area contributed by atoms with Crippen LogP contribution >= 0.6 is 0 Å². The van der Waals surface area contributed by atoms with Gasteiger partial charge in [0.2, 0.25) is 5.82 Å². The van der Waals surface area contributed by atoms with Crippen molar-refractivity contribution in [3.8, 4) is 22.5 Å². The quantitative estimate of drug-likeness (QED) is 0.286. The van der Waals surface area contributed by atoms with Gasteiger partial charge in [-0.2, -0.15) is 9.61 Å². The number of anilines is 1. The van der Waals surface area contributed by atoms with Gasteiger partial charge in [0.15, 0.2) is 11.4 Å². The molecule has 12 nitrogen and oxygen atoms in total. The first-order valence-electron chi connectivity index (χ1n) is 13.1. The van der Waals surface area contributed by atoms with Crippen LogP contribution in [0.5, 0.6) is 0 Å². The van der Waals surface area contributed by atoms with E-state index in [4.69, 9.17) is 10.7 Å². The standard InChI is InChI=1S/C27H25FN10O2/c1-13(39)21-22(15-8-16-3-4-17(9-15)37(16)27(40)25-32-12-33-36-25)35-26-19(11-34-38(26)23(21)29)14-2-5-18(20(28)10-14)24-30-6-7-31-24/h2,5-7,10-12,15-17H,3-4,8-9,29H2,1H3,(H,30,31)(H,32,33,36)/t15-,16+,17-. The fraction of sp³-hybridized carbons (Fsp3) is 0.296. The summed E-state index contributed by atoms with van der Waals surface area (Å²) in [6.07, 6.45) is 9.15. The summed E-state index contributed by atoms with van der Waals surface area (Å²) >= 11 is 0. The second kappa shape index (κ2) is 9.07. The molecule has 2 fully saturated rings. The number of imidazole rings is 1. The Labute approximate surface area is 226 Å². The molecule has 6 heterocycles. The van der Waals surface area contributed by atoms with Gasteiger partial charge in [0.05, 0.1) is 23.0 Å². The molecule has 5 aromatic rings. The third kappa shape index (κ3) is 3.68. The van der Waals surface area contributed by atoms with Gasteiger partial charge in [-0.15, -0.1) is 10.2 Å². The van der Waals surface area contributed by atoms with E-state index in [-0.39, 0.29) is 41.3 Å². The lowest BCUT2D eigenvalue weighted by atomic mass is 9.85. The molecule has 40 heavy (non-hydrogen) atoms. The number of rotatable bonds is 5. The van der Waals surface area contributed by atoms with Crippen LogP contribution in [0.2, 0.25) is 0 Å². The largest absolute Gasteiger partial charge is 0.383 e. The summed E-state index contributed by atoms with van der Waals surface area (Å²) in [5, 5.41) is 12.0. The van der Waals surface area contributed by atoms with Gasteiger partial charge in [-0.05, 0) is 50.3 Å². The number of aromatic nitrogens is 8. The number of nitrogens with one attached hydrogen (secondary N) is 2. The lowest BCUT2D eigenvalue weighted by Crippen LogP contribution is -2.46. The van der Waals surface area contributed by atoms with Crippen molar-refractivity contribution in [3.63, 3.8) is 0 Å². The summed E-state index contributed by atoms with van der Waals surface area (Å²) in [4.78, 5) is 42.7. The normalized spacial score (nSPS) is 20.4. The molecule has 7 rings (SSSR count). The molecule has 0 aliphatic carbocycles. The van der Waals surface area contributed by atoms with Crippen LogP contribution in [0.15, 0.2) is 43.1 Å². The molecule has 0 unspecified atom stereocenters. The third-order valence-electron chi connectivity index (χ3n) is 8.07. The highest BCUT2D eigenvalue weighted by molar-refractivity contribution is 6.00. The molecule has 13 heteroatoms. The highest BCUT2D eigenvalue weighted by Gasteiger charge is 2.45. The Bertz CT molecular complexity index is 1750. The molecule has 3 atom stereocenters. The number of hydrogen-bond acceptors (Lipinski definition) is 8. The molecule has 2 bridgehead atoms. The average Bonchev–Trinajstić information content (AvgIpc) is 3.75. The second-order valence-electron chi connectivity index (χ2n) is 10.3. The molecule has 0 radical (unpaired) electrons. The Balaban J connectivity index is 1.28. The monoisotopic (exact) mass is 540 g/mol. The van der Waals surface area contributed by atoms with Crippen LogP contribution < -0.4 is 5.73 Å². The number of nitrogen functional groups attached to an aromatic ring is 1. The lowest BCUT2D eigenvalue weighted by molar-refractivity contribution is 0.0556. The minimum absolute atomic E-state index is 0.0203. The van der Waals surface area contributed by atoms with Crippen molar-refractivity contribution >= 4 is 23.2 Å². The fourth-order valence-electron chi connectivity index (χ4n) is 6.34. The van der Waals surface area contributed by atoms with Crippen molar-refractivity contribution < 1.29 is 14.0 Å². The maximum atomic E-state index is 15.1. The van der Waals surface area contributed by atoms with Gasteiger partial charge in [-0.1, -0.05) is 6.07 Å². The van der Waals surface area contributed by atoms with Crippen LogP contribution in [0, 0.1) is 5.82 Å². The minimum atomic E-state index is -0.444. The zero-order valence-electron chi connectivity index (χ0n) is 21.5. The summed E-state index contributed by atoms with van der Waals surface area (Å²) < 4.78 is 16.5. The Morgan fingerprint density at radius 3 is 2.58 bits per heavy atom. The van der Waals surface area contributed by atoms with Gasteiger partial charge in [0, 0.05) is 36.0 Å². The van der Waals surface area contributed by atoms with E-state index in [9.17, 15) is 9.59 Å². The van der Waals surface area contributed by atoms with Crippen molar-refractivity contribution in [2.75, 3.05) is 5.73 Å². The summed E-state index contributed by atoms with van der Waals surface area (Å²) in [5.74, 6) is -0.0697. The predicted octanol–water partition coefficient (Wildman–Crippen LogP) is 3.38. The minimum Gasteiger partial charge on any atom is -0.383 e. The first-order valence-corrected chi connectivity index (χ1v) is 13.1. The van der Waals surface area contributed by atoms with Crippen LogP contribution in [0.25, 0.3) is 28.2 Å². The van der Waals surface area contributed by atoms with Gasteiger partial charge in [0.25, 0.3) is 5.91 Å². The van der Waals surface area contributed by atoms with Gasteiger partial charge < -0.3 is 20.6 Å². The van der Waals surface area contributed by atoms with E-state index in [0.29, 0.717) is 52.3 Å². The average molecular weight is 541 g/mol. The van der Waals surface area contributed by atoms with Crippen molar-refractivity contribution in [2.24, 2.45) is 0 Å². The smallest absolute Gasteiger partial charge is 0.292 e. The fourth-order valence-corrected chi connectivity index (χ4v) is 6.34. The summed E-state index contributed by atoms with van der Waals surface area (Å²) in [7, 11) is 0. The number of carbonyl (C=O) groups excluding carboxylic acids is 2. The van der Waals surface area contributed by atoms with E-state index in [2.05, 4.69) is 30.2 Å². The highest BCUT2D eigenvalue weighted by atomic mass is 19.1. The first kappa shape index (κ1) is 24.1. The molecule has 1 amide bonds. The number of benzene rings is 1. The zero-order chi connectivity index (χ0) is 27.5. The topological polar surface area (TPSA) is 164 Å². The molecular weight excluding hydrogens is 515 g/mol. The third-order valence-corrected chi connectivity index (χ3v) is 8.07. The van der Waals surface area contributed by atoms with E-state index in [1.54, 1.807) is 30.7 Å². The number of amides is 1. The lowest BCUT2D eigenvalue weighted by Gasteiger charge is -2.38. The molecule has 4 aromatic heterocycles. The highest BCUT2D eigenvalue weighted by Crippen LogP contribution is 2.45. The maximum absolute atomic E-state index is 15.1. The van der Waals surface area contributed by atoms with Gasteiger partial charge in [-0.3, -0.25) is 9.59 Å². The second-order valence-corrected chi connectivity index (χ2v) is 10.3. The van der Waals surface area contributed by atoms with E-state index < -0.39 is 5.82 Å². The van der Waals surface area contributed by atoms with Crippen molar-refractivity contribution in [1.29, 1.82) is 0 Å². The van der Waals surface area contributed by atoms with Gasteiger partial charge in [0.1, 0.15) is 23.8 Å². The molecular formula is C27H25FN10O2. The molecule has 0 saturated carbocycles. The van der Waals surface area contributed by atoms with E-state index in [1.165, 1.54) is 23.8 Å². The van der Waals surface area contributed by atoms with Crippen molar-refractivity contribution in [1.82, 2.24) is 44.6 Å². The van der Waals surface area contributed by atoms with Crippen LogP contribution in [0.4, 0.5) is 10.2 Å². The maximum Gasteiger partial charge on any atom is 0.292 e. The SMILES string of the molecule is CC(=O)c1c([C@H]2C[C@H]3CC[C@@H](C2)N3C(=O)c2nnc[nH]2)nc2c(-c3ccc(-c4ncc[nH]4)c(F)c3)cnn2c1N. The predicted molar refractivity (Wildman–Crippen MR) is 142 cm³/mol. The molecule has 2 saturated heterocycles. The number of piperidine rings is 1. The first-order chi connectivity index (χ1) is 19.4. The van der Waals surface area contributed by atoms with Crippen molar-refractivity contribution in [2.45, 2.75) is 50.6 Å². The van der Waals surface area contributed by atoms with E-state index in [0.717, 1.165) is 12.8 Å². The number of halogens is 1. The Hall–Kier alpha value is -4.94. The van der Waals surface area contributed by atoms with Crippen LogP contribution in [-0.4, -0.2) is 68.4 Å². The van der Waals surface area contributed by atoms with E-state index in [1.807, 2.05) is 4.90 Å².